The molecule has 1 fully saturated rings. The topological polar surface area (TPSA) is 63.4 Å². The lowest BCUT2D eigenvalue weighted by Gasteiger charge is -2.26. The van der Waals surface area contributed by atoms with Crippen molar-refractivity contribution in [1.29, 1.82) is 0 Å². The Bertz CT molecular complexity index is 666. The van der Waals surface area contributed by atoms with Crippen LogP contribution in [0.15, 0.2) is 42.6 Å². The van der Waals surface area contributed by atoms with Crippen LogP contribution in [0.3, 0.4) is 0 Å². The molecule has 152 valence electrons. The largest absolute Gasteiger partial charge is 0.494 e. The Morgan fingerprint density at radius 3 is 2.54 bits per heavy atom. The van der Waals surface area contributed by atoms with Crippen LogP contribution in [-0.4, -0.2) is 42.7 Å². The molecule has 1 aliphatic heterocycles. The minimum Gasteiger partial charge on any atom is -0.494 e. The molecule has 3 N–H and O–H groups in total. The van der Waals surface area contributed by atoms with Crippen LogP contribution in [-0.2, 0) is 6.42 Å². The third-order valence-corrected chi connectivity index (χ3v) is 5.24. The van der Waals surface area contributed by atoms with Crippen LogP contribution in [0.25, 0.3) is 0 Å². The van der Waals surface area contributed by atoms with Crippen molar-refractivity contribution in [3.05, 3.63) is 48.2 Å². The minimum absolute atomic E-state index is 0.694. The Labute approximate surface area is 169 Å². The summed E-state index contributed by atoms with van der Waals surface area (Å²) in [5, 5.41) is 3.33. The van der Waals surface area contributed by atoms with Crippen LogP contribution in [0.2, 0.25) is 0 Å². The molecule has 28 heavy (non-hydrogen) atoms. The molecule has 0 spiro atoms. The van der Waals surface area contributed by atoms with Gasteiger partial charge in [-0.05, 0) is 81.4 Å². The lowest BCUT2D eigenvalue weighted by molar-refractivity contribution is 0.205. The van der Waals surface area contributed by atoms with Gasteiger partial charge in [-0.2, -0.15) is 0 Å². The van der Waals surface area contributed by atoms with Crippen LogP contribution in [0.1, 0.15) is 44.1 Å². The van der Waals surface area contributed by atoms with E-state index in [1.54, 1.807) is 6.20 Å². The number of nitrogens with two attached hydrogens (primary N) is 1. The highest BCUT2D eigenvalue weighted by Gasteiger charge is 2.09. The molecule has 1 aliphatic rings. The summed E-state index contributed by atoms with van der Waals surface area (Å²) in [6, 6.07) is 12.4. The Hall–Kier alpha value is -2.27. The quantitative estimate of drug-likeness (QED) is 0.566. The van der Waals surface area contributed by atoms with E-state index in [0.717, 1.165) is 56.9 Å². The maximum atomic E-state index is 5.90. The Morgan fingerprint density at radius 2 is 1.79 bits per heavy atom. The summed E-state index contributed by atoms with van der Waals surface area (Å²) in [7, 11) is 0. The molecule has 0 saturated carbocycles. The van der Waals surface area contributed by atoms with E-state index in [2.05, 4.69) is 39.5 Å². The van der Waals surface area contributed by atoms with E-state index >= 15 is 0 Å². The second-order valence-electron chi connectivity index (χ2n) is 7.61. The third kappa shape index (κ3) is 7.39. The maximum Gasteiger partial charge on any atom is 0.126 e. The molecular formula is C23H34N4O. The smallest absolute Gasteiger partial charge is 0.126 e. The van der Waals surface area contributed by atoms with E-state index in [0.29, 0.717) is 5.69 Å². The van der Waals surface area contributed by atoms with Crippen LogP contribution in [0.5, 0.6) is 5.75 Å². The summed E-state index contributed by atoms with van der Waals surface area (Å²) in [5.41, 5.74) is 7.70. The van der Waals surface area contributed by atoms with Crippen molar-refractivity contribution in [2.75, 3.05) is 43.8 Å². The molecule has 0 bridgehead atoms. The fraction of sp³-hybridized carbons (Fsp3) is 0.522. The summed E-state index contributed by atoms with van der Waals surface area (Å²) < 4.78 is 5.90. The van der Waals surface area contributed by atoms with Crippen molar-refractivity contribution in [1.82, 2.24) is 9.88 Å². The van der Waals surface area contributed by atoms with Gasteiger partial charge in [0.2, 0.25) is 0 Å². The molecule has 0 amide bonds. The molecule has 2 aromatic rings. The number of aromatic nitrogens is 1. The monoisotopic (exact) mass is 382 g/mol. The zero-order valence-corrected chi connectivity index (χ0v) is 16.9. The Morgan fingerprint density at radius 1 is 0.964 bits per heavy atom. The van der Waals surface area contributed by atoms with Gasteiger partial charge < -0.3 is 20.7 Å². The van der Waals surface area contributed by atoms with Gasteiger partial charge in [-0.25, -0.2) is 4.98 Å². The molecule has 5 nitrogen and oxygen atoms in total. The predicted molar refractivity (Wildman–Crippen MR) is 117 cm³/mol. The van der Waals surface area contributed by atoms with Gasteiger partial charge in [0.25, 0.3) is 0 Å². The predicted octanol–water partition coefficient (Wildman–Crippen LogP) is 4.35. The summed E-state index contributed by atoms with van der Waals surface area (Å²) >= 11 is 0. The Balaban J connectivity index is 1.25. The number of rotatable bonds is 11. The number of unbranched alkanes of at least 4 members (excludes halogenated alkanes) is 1. The number of hydrogen-bond donors (Lipinski definition) is 2. The first-order valence-corrected chi connectivity index (χ1v) is 10.7. The summed E-state index contributed by atoms with van der Waals surface area (Å²) in [5.74, 6) is 1.87. The number of nitrogens with zero attached hydrogens (tertiary/aromatic N) is 2. The van der Waals surface area contributed by atoms with E-state index in [4.69, 9.17) is 10.5 Å². The van der Waals surface area contributed by atoms with Crippen LogP contribution in [0.4, 0.5) is 11.5 Å². The minimum atomic E-state index is 0.694. The second kappa shape index (κ2) is 11.5. The SMILES string of the molecule is Nc1ccc(NCCCCc2ccc(OCCCN3CCCCC3)cc2)nc1. The first-order valence-electron chi connectivity index (χ1n) is 10.7. The van der Waals surface area contributed by atoms with Gasteiger partial charge in [-0.1, -0.05) is 18.6 Å². The van der Waals surface area contributed by atoms with Crippen LogP contribution in [0, 0.1) is 0 Å². The van der Waals surface area contributed by atoms with E-state index < -0.39 is 0 Å². The standard InChI is InChI=1S/C23H34N4O/c24-21-10-13-23(26-19-21)25-14-3-2-7-20-8-11-22(12-9-20)28-18-6-17-27-15-4-1-5-16-27/h8-13,19H,1-7,14-18,24H2,(H,25,26). The summed E-state index contributed by atoms with van der Waals surface area (Å²) in [4.78, 5) is 6.81. The number of anilines is 2. The highest BCUT2D eigenvalue weighted by molar-refractivity contribution is 5.43. The number of benzene rings is 1. The number of aryl methyl sites for hydroxylation is 1. The number of ether oxygens (including phenoxy) is 1. The number of nitrogen functional groups attached to an aromatic ring is 1. The average molecular weight is 383 g/mol. The summed E-state index contributed by atoms with van der Waals surface area (Å²) in [6.45, 7) is 5.43. The molecule has 1 saturated heterocycles. The van der Waals surface area contributed by atoms with Crippen molar-refractivity contribution in [3.8, 4) is 5.75 Å². The Kier molecular flexibility index (Phi) is 8.44. The molecule has 0 unspecified atom stereocenters. The molecule has 5 heteroatoms. The maximum absolute atomic E-state index is 5.90. The first kappa shape index (κ1) is 20.5. The summed E-state index contributed by atoms with van der Waals surface area (Å²) in [6.07, 6.45) is 10.3. The number of hydrogen-bond acceptors (Lipinski definition) is 5. The third-order valence-electron chi connectivity index (χ3n) is 5.24. The van der Waals surface area contributed by atoms with Crippen molar-refractivity contribution >= 4 is 11.5 Å². The molecule has 3 rings (SSSR count). The van der Waals surface area contributed by atoms with Gasteiger partial charge >= 0.3 is 0 Å². The highest BCUT2D eigenvalue weighted by Crippen LogP contribution is 2.15. The van der Waals surface area contributed by atoms with Gasteiger partial charge in [0.05, 0.1) is 18.5 Å². The van der Waals surface area contributed by atoms with Crippen LogP contribution >= 0.6 is 0 Å². The lowest BCUT2D eigenvalue weighted by Crippen LogP contribution is -2.31. The van der Waals surface area contributed by atoms with Gasteiger partial charge in [-0.3, -0.25) is 0 Å². The zero-order chi connectivity index (χ0) is 19.4. The van der Waals surface area contributed by atoms with Crippen molar-refractivity contribution in [3.63, 3.8) is 0 Å². The fourth-order valence-electron chi connectivity index (χ4n) is 3.59. The molecule has 0 atom stereocenters. The number of pyridine rings is 1. The van der Waals surface area contributed by atoms with E-state index in [-0.39, 0.29) is 0 Å². The molecular weight excluding hydrogens is 348 g/mol. The fourth-order valence-corrected chi connectivity index (χ4v) is 3.59. The molecule has 0 aliphatic carbocycles. The van der Waals surface area contributed by atoms with Crippen molar-refractivity contribution < 1.29 is 4.74 Å². The van der Waals surface area contributed by atoms with Gasteiger partial charge in [0.15, 0.2) is 0 Å². The lowest BCUT2D eigenvalue weighted by atomic mass is 10.1. The van der Waals surface area contributed by atoms with E-state index in [9.17, 15) is 0 Å². The van der Waals surface area contributed by atoms with E-state index in [1.165, 1.54) is 37.9 Å². The van der Waals surface area contributed by atoms with Gasteiger partial charge in [0.1, 0.15) is 11.6 Å². The van der Waals surface area contributed by atoms with E-state index in [1.807, 2.05) is 12.1 Å². The normalized spacial score (nSPS) is 14.7. The number of nitrogens with one attached hydrogen (secondary N) is 1. The molecule has 1 aromatic heterocycles. The molecule has 1 aromatic carbocycles. The van der Waals surface area contributed by atoms with Gasteiger partial charge in [0, 0.05) is 13.1 Å². The zero-order valence-electron chi connectivity index (χ0n) is 16.9. The van der Waals surface area contributed by atoms with Gasteiger partial charge in [-0.15, -0.1) is 0 Å². The highest BCUT2D eigenvalue weighted by atomic mass is 16.5. The first-order chi connectivity index (χ1) is 13.8. The van der Waals surface area contributed by atoms with Crippen molar-refractivity contribution in [2.24, 2.45) is 0 Å². The molecule has 2 heterocycles. The van der Waals surface area contributed by atoms with Crippen LogP contribution < -0.4 is 15.8 Å². The second-order valence-corrected chi connectivity index (χ2v) is 7.61. The average Bonchev–Trinajstić information content (AvgIpc) is 2.74. The number of piperidine rings is 1. The number of likely N-dealkylation sites (tertiary alicyclic amines) is 1. The van der Waals surface area contributed by atoms with Crippen molar-refractivity contribution in [2.45, 2.75) is 44.9 Å². The molecule has 0 radical (unpaired) electrons.